The number of amides is 1. The second-order valence-corrected chi connectivity index (χ2v) is 7.89. The van der Waals surface area contributed by atoms with Gasteiger partial charge in [-0.1, -0.05) is 6.07 Å². The maximum atomic E-state index is 12.5. The van der Waals surface area contributed by atoms with Crippen molar-refractivity contribution in [2.24, 2.45) is 0 Å². The van der Waals surface area contributed by atoms with Crippen molar-refractivity contribution in [1.29, 1.82) is 5.26 Å². The predicted molar refractivity (Wildman–Crippen MR) is 134 cm³/mol. The summed E-state index contributed by atoms with van der Waals surface area (Å²) in [6, 6.07) is 16.1. The van der Waals surface area contributed by atoms with E-state index in [0.29, 0.717) is 28.1 Å². The van der Waals surface area contributed by atoms with Gasteiger partial charge in [0.25, 0.3) is 11.6 Å². The fraction of sp³-hybridized carbons (Fsp3) is 0.0833. The molecule has 12 heteroatoms. The van der Waals surface area contributed by atoms with Crippen molar-refractivity contribution < 1.29 is 24.1 Å². The number of hydrogen-bond acceptors (Lipinski definition) is 8. The minimum Gasteiger partial charge on any atom is -0.494 e. The van der Waals surface area contributed by atoms with Crippen molar-refractivity contribution in [3.63, 3.8) is 0 Å². The number of ether oxygens (including phenoxy) is 2. The van der Waals surface area contributed by atoms with E-state index in [1.54, 1.807) is 36.4 Å². The number of benzene rings is 3. The summed E-state index contributed by atoms with van der Waals surface area (Å²) in [5.41, 5.74) is -0.209. The Kier molecular flexibility index (Phi) is 8.32. The maximum absolute atomic E-state index is 12.5. The lowest BCUT2D eigenvalue weighted by Crippen LogP contribution is -2.13. The molecular formula is C24H17BrN4O7. The highest BCUT2D eigenvalue weighted by Crippen LogP contribution is 2.37. The average molecular weight is 553 g/mol. The van der Waals surface area contributed by atoms with Crippen molar-refractivity contribution in [2.45, 2.75) is 6.92 Å². The molecule has 0 heterocycles. The van der Waals surface area contributed by atoms with Crippen LogP contribution in [0.25, 0.3) is 6.08 Å². The molecule has 0 radical (unpaired) electrons. The van der Waals surface area contributed by atoms with Gasteiger partial charge in [0, 0.05) is 11.8 Å². The molecule has 11 nitrogen and oxygen atoms in total. The van der Waals surface area contributed by atoms with Gasteiger partial charge in [0.05, 0.1) is 27.0 Å². The van der Waals surface area contributed by atoms with E-state index in [-0.39, 0.29) is 17.1 Å². The van der Waals surface area contributed by atoms with Crippen molar-refractivity contribution in [2.75, 3.05) is 11.9 Å². The summed E-state index contributed by atoms with van der Waals surface area (Å²) >= 11 is 3.30. The van der Waals surface area contributed by atoms with Crippen LogP contribution in [0.3, 0.4) is 0 Å². The first-order chi connectivity index (χ1) is 17.2. The highest BCUT2D eigenvalue weighted by Gasteiger charge is 2.22. The number of non-ortho nitro benzene ring substituents is 1. The molecule has 0 aliphatic heterocycles. The van der Waals surface area contributed by atoms with Crippen molar-refractivity contribution in [1.82, 2.24) is 0 Å². The zero-order valence-corrected chi connectivity index (χ0v) is 20.2. The van der Waals surface area contributed by atoms with Crippen LogP contribution in [0.1, 0.15) is 12.5 Å². The van der Waals surface area contributed by atoms with Gasteiger partial charge in [-0.05, 0) is 77.0 Å². The van der Waals surface area contributed by atoms with Crippen LogP contribution in [0, 0.1) is 31.6 Å². The van der Waals surface area contributed by atoms with E-state index in [4.69, 9.17) is 9.47 Å². The van der Waals surface area contributed by atoms with Crippen LogP contribution in [0.4, 0.5) is 17.1 Å². The highest BCUT2D eigenvalue weighted by atomic mass is 79.9. The van der Waals surface area contributed by atoms with E-state index < -0.39 is 27.1 Å². The van der Waals surface area contributed by atoms with Gasteiger partial charge in [0.1, 0.15) is 23.1 Å². The summed E-state index contributed by atoms with van der Waals surface area (Å²) in [5, 5.41) is 34.3. The average Bonchev–Trinajstić information content (AvgIpc) is 2.85. The van der Waals surface area contributed by atoms with Gasteiger partial charge in [-0.3, -0.25) is 25.0 Å². The molecule has 182 valence electrons. The Labute approximate surface area is 213 Å². The van der Waals surface area contributed by atoms with Crippen LogP contribution in [-0.4, -0.2) is 22.4 Å². The zero-order chi connectivity index (χ0) is 26.2. The summed E-state index contributed by atoms with van der Waals surface area (Å²) < 4.78 is 11.3. The Bertz CT molecular complexity index is 1400. The van der Waals surface area contributed by atoms with Crippen LogP contribution in [0.2, 0.25) is 0 Å². The topological polar surface area (TPSA) is 158 Å². The van der Waals surface area contributed by atoms with Crippen LogP contribution in [-0.2, 0) is 4.79 Å². The molecule has 0 aliphatic carbocycles. The fourth-order valence-corrected chi connectivity index (χ4v) is 3.45. The van der Waals surface area contributed by atoms with E-state index >= 15 is 0 Å². The van der Waals surface area contributed by atoms with Gasteiger partial charge in [-0.15, -0.1) is 0 Å². The second-order valence-electron chi connectivity index (χ2n) is 7.04. The Morgan fingerprint density at radius 2 is 1.75 bits per heavy atom. The molecule has 1 N–H and O–H groups in total. The van der Waals surface area contributed by atoms with Gasteiger partial charge < -0.3 is 14.8 Å². The molecule has 0 saturated carbocycles. The van der Waals surface area contributed by atoms with Crippen molar-refractivity contribution in [3.8, 4) is 23.3 Å². The minimum absolute atomic E-state index is 0.157. The van der Waals surface area contributed by atoms with Gasteiger partial charge in [-0.25, -0.2) is 0 Å². The molecule has 0 saturated heterocycles. The zero-order valence-electron chi connectivity index (χ0n) is 18.6. The number of carbonyl (C=O) groups excluding carboxylic acids is 1. The molecule has 0 spiro atoms. The Morgan fingerprint density at radius 1 is 1.06 bits per heavy atom. The standard InChI is InChI=1S/C24H17BrN4O7/c1-2-35-19-7-4-17(5-8-19)27-24(30)16(14-26)11-15-3-9-22(20(25)12-15)36-23-10-6-18(28(31)32)13-21(23)29(33)34/h3-13H,2H2,1H3,(H,27,30)/b16-11+. The first kappa shape index (κ1) is 25.9. The van der Waals surface area contributed by atoms with Crippen LogP contribution < -0.4 is 14.8 Å². The number of nitriles is 1. The number of nitrogens with zero attached hydrogens (tertiary/aromatic N) is 3. The fourth-order valence-electron chi connectivity index (χ4n) is 2.97. The van der Waals surface area contributed by atoms with Crippen molar-refractivity contribution >= 4 is 45.0 Å². The molecule has 0 bridgehead atoms. The summed E-state index contributed by atoms with van der Waals surface area (Å²) in [7, 11) is 0. The number of rotatable bonds is 9. The van der Waals surface area contributed by atoms with E-state index in [1.165, 1.54) is 12.1 Å². The third kappa shape index (κ3) is 6.43. The van der Waals surface area contributed by atoms with Crippen LogP contribution >= 0.6 is 15.9 Å². The molecule has 0 atom stereocenters. The lowest BCUT2D eigenvalue weighted by molar-refractivity contribution is -0.394. The number of nitro groups is 2. The second kappa shape index (κ2) is 11.6. The largest absolute Gasteiger partial charge is 0.494 e. The SMILES string of the molecule is CCOc1ccc(NC(=O)/C(C#N)=C/c2ccc(Oc3ccc([N+](=O)[O-])cc3[N+](=O)[O-])c(Br)c2)cc1. The number of carbonyl (C=O) groups is 1. The van der Waals surface area contributed by atoms with E-state index in [0.717, 1.165) is 18.2 Å². The minimum atomic E-state index is -0.782. The van der Waals surface area contributed by atoms with Crippen molar-refractivity contribution in [3.05, 3.63) is 96.5 Å². The van der Waals surface area contributed by atoms with E-state index in [9.17, 15) is 30.3 Å². The Morgan fingerprint density at radius 3 is 2.33 bits per heavy atom. The number of halogens is 1. The number of nitrogens with one attached hydrogen (secondary N) is 1. The first-order valence-electron chi connectivity index (χ1n) is 10.3. The van der Waals surface area contributed by atoms with E-state index in [1.807, 2.05) is 13.0 Å². The lowest BCUT2D eigenvalue weighted by atomic mass is 10.1. The van der Waals surface area contributed by atoms with Gasteiger partial charge >= 0.3 is 5.69 Å². The predicted octanol–water partition coefficient (Wildman–Crippen LogP) is 6.00. The normalized spacial score (nSPS) is 10.8. The molecule has 0 aliphatic rings. The maximum Gasteiger partial charge on any atom is 0.318 e. The Balaban J connectivity index is 1.79. The third-order valence-electron chi connectivity index (χ3n) is 4.63. The lowest BCUT2D eigenvalue weighted by Gasteiger charge is -2.09. The summed E-state index contributed by atoms with van der Waals surface area (Å²) in [4.78, 5) is 33.3. The van der Waals surface area contributed by atoms with E-state index in [2.05, 4.69) is 21.2 Å². The summed E-state index contributed by atoms with van der Waals surface area (Å²) in [5.74, 6) is 0.0286. The number of anilines is 1. The molecule has 3 aromatic rings. The smallest absolute Gasteiger partial charge is 0.318 e. The molecule has 36 heavy (non-hydrogen) atoms. The molecule has 0 aromatic heterocycles. The summed E-state index contributed by atoms with van der Waals surface area (Å²) in [6.07, 6.45) is 1.37. The number of nitro benzene ring substituents is 2. The van der Waals surface area contributed by atoms with Gasteiger partial charge in [0.2, 0.25) is 5.75 Å². The molecular weight excluding hydrogens is 536 g/mol. The monoisotopic (exact) mass is 552 g/mol. The Hall–Kier alpha value is -4.76. The molecule has 1 amide bonds. The van der Waals surface area contributed by atoms with Crippen LogP contribution in [0.15, 0.2) is 70.7 Å². The molecule has 0 unspecified atom stereocenters. The molecule has 3 rings (SSSR count). The van der Waals surface area contributed by atoms with Gasteiger partial charge in [0.15, 0.2) is 0 Å². The van der Waals surface area contributed by atoms with Gasteiger partial charge in [-0.2, -0.15) is 5.26 Å². The van der Waals surface area contributed by atoms with Crippen LogP contribution in [0.5, 0.6) is 17.2 Å². The third-order valence-corrected chi connectivity index (χ3v) is 5.24. The summed E-state index contributed by atoms with van der Waals surface area (Å²) in [6.45, 7) is 2.37. The molecule has 3 aromatic carbocycles. The quantitative estimate of drug-likeness (QED) is 0.146. The molecule has 0 fully saturated rings. The number of hydrogen-bond donors (Lipinski definition) is 1. The first-order valence-corrected chi connectivity index (χ1v) is 11.1. The highest BCUT2D eigenvalue weighted by molar-refractivity contribution is 9.10.